The predicted molar refractivity (Wildman–Crippen MR) is 79.7 cm³/mol. The highest BCUT2D eigenvalue weighted by Crippen LogP contribution is 2.16. The first-order chi connectivity index (χ1) is 8.08. The van der Waals surface area contributed by atoms with E-state index in [1.54, 1.807) is 0 Å². The molecule has 0 heterocycles. The lowest BCUT2D eigenvalue weighted by Gasteiger charge is -2.06. The quantitative estimate of drug-likeness (QED) is 0.634. The molecular formula is C11H12BrNO2S2. The van der Waals surface area contributed by atoms with Gasteiger partial charge in [0.25, 0.3) is 0 Å². The molecule has 2 N–H and O–H groups in total. The van der Waals surface area contributed by atoms with Gasteiger partial charge in [0.2, 0.25) is 0 Å². The number of benzene rings is 1. The number of carboxylic acid groups (broad SMARTS) is 1. The Morgan fingerprint density at radius 2 is 2.06 bits per heavy atom. The molecular weight excluding hydrogens is 322 g/mol. The lowest BCUT2D eigenvalue weighted by molar-refractivity contribution is -0.137. The first-order valence-corrected chi connectivity index (χ1v) is 7.18. The number of aliphatic carboxylic acids is 1. The van der Waals surface area contributed by atoms with Gasteiger partial charge in [-0.2, -0.15) is 0 Å². The number of halogens is 1. The fourth-order valence-electron chi connectivity index (χ4n) is 1.08. The first-order valence-electron chi connectivity index (χ1n) is 4.99. The lowest BCUT2D eigenvalue weighted by atomic mass is 10.3. The molecule has 0 aliphatic rings. The Labute approximate surface area is 118 Å². The maximum atomic E-state index is 10.3. The molecule has 0 radical (unpaired) electrons. The van der Waals surface area contributed by atoms with Crippen molar-refractivity contribution < 1.29 is 9.90 Å². The molecule has 1 aromatic rings. The van der Waals surface area contributed by atoms with Crippen molar-refractivity contribution in [2.75, 3.05) is 11.1 Å². The summed E-state index contributed by atoms with van der Waals surface area (Å²) < 4.78 is 1.68. The second kappa shape index (κ2) is 7.68. The lowest BCUT2D eigenvalue weighted by Crippen LogP contribution is -2.05. The molecule has 0 spiro atoms. The van der Waals surface area contributed by atoms with Gasteiger partial charge in [0.05, 0.1) is 0 Å². The van der Waals surface area contributed by atoms with Crippen LogP contribution in [0.3, 0.4) is 0 Å². The topological polar surface area (TPSA) is 49.3 Å². The van der Waals surface area contributed by atoms with Gasteiger partial charge in [0.1, 0.15) is 4.32 Å². The van der Waals surface area contributed by atoms with E-state index < -0.39 is 5.97 Å². The highest BCUT2D eigenvalue weighted by Gasteiger charge is 2.01. The number of hydrogen-bond acceptors (Lipinski definition) is 3. The van der Waals surface area contributed by atoms with E-state index in [0.29, 0.717) is 16.5 Å². The second-order valence-corrected chi connectivity index (χ2v) is 5.95. The Balaban J connectivity index is 2.25. The summed E-state index contributed by atoms with van der Waals surface area (Å²) in [5, 5.41) is 11.6. The zero-order valence-electron chi connectivity index (χ0n) is 8.98. The summed E-state index contributed by atoms with van der Waals surface area (Å²) in [7, 11) is 0. The van der Waals surface area contributed by atoms with Crippen LogP contribution in [0.1, 0.15) is 12.8 Å². The van der Waals surface area contributed by atoms with Crippen LogP contribution in [-0.4, -0.2) is 21.1 Å². The Hall–Kier alpha value is -0.590. The minimum absolute atomic E-state index is 0.188. The monoisotopic (exact) mass is 333 g/mol. The SMILES string of the molecule is O=C(O)CCCSC(=S)Nc1ccc(Br)cc1. The van der Waals surface area contributed by atoms with Crippen LogP contribution in [0.4, 0.5) is 5.69 Å². The van der Waals surface area contributed by atoms with Crippen LogP contribution in [0.2, 0.25) is 0 Å². The molecule has 0 atom stereocenters. The van der Waals surface area contributed by atoms with Gasteiger partial charge in [0.15, 0.2) is 0 Å². The van der Waals surface area contributed by atoms with Crippen LogP contribution in [0.25, 0.3) is 0 Å². The molecule has 3 nitrogen and oxygen atoms in total. The number of carboxylic acids is 1. The van der Waals surface area contributed by atoms with Crippen molar-refractivity contribution in [2.45, 2.75) is 12.8 Å². The minimum atomic E-state index is -0.766. The Bertz CT molecular complexity index is 395. The van der Waals surface area contributed by atoms with E-state index >= 15 is 0 Å². The molecule has 0 fully saturated rings. The molecule has 0 aliphatic carbocycles. The second-order valence-electron chi connectivity index (χ2n) is 3.27. The molecule has 0 saturated carbocycles. The summed E-state index contributed by atoms with van der Waals surface area (Å²) in [6.07, 6.45) is 0.816. The average molecular weight is 334 g/mol. The third-order valence-electron chi connectivity index (χ3n) is 1.86. The summed E-state index contributed by atoms with van der Waals surface area (Å²) in [6.45, 7) is 0. The minimum Gasteiger partial charge on any atom is -0.481 e. The maximum Gasteiger partial charge on any atom is 0.303 e. The van der Waals surface area contributed by atoms with E-state index in [4.69, 9.17) is 17.3 Å². The van der Waals surface area contributed by atoms with Crippen molar-refractivity contribution in [2.24, 2.45) is 0 Å². The first kappa shape index (κ1) is 14.5. The molecule has 6 heteroatoms. The zero-order valence-corrected chi connectivity index (χ0v) is 12.2. The number of hydrogen-bond donors (Lipinski definition) is 2. The molecule has 92 valence electrons. The number of thioether (sulfide) groups is 1. The third kappa shape index (κ3) is 6.65. The molecule has 0 unspecified atom stereocenters. The molecule has 1 rings (SSSR count). The fourth-order valence-corrected chi connectivity index (χ4v) is 2.37. The van der Waals surface area contributed by atoms with E-state index in [1.807, 2.05) is 24.3 Å². The summed E-state index contributed by atoms with van der Waals surface area (Å²) >= 11 is 9.96. The van der Waals surface area contributed by atoms with Gasteiger partial charge in [-0.25, -0.2) is 0 Å². The normalized spacial score (nSPS) is 9.94. The van der Waals surface area contributed by atoms with Gasteiger partial charge < -0.3 is 10.4 Å². The zero-order chi connectivity index (χ0) is 12.7. The van der Waals surface area contributed by atoms with Gasteiger partial charge in [-0.3, -0.25) is 4.79 Å². The van der Waals surface area contributed by atoms with E-state index in [1.165, 1.54) is 11.8 Å². The van der Waals surface area contributed by atoms with Crippen molar-refractivity contribution in [3.05, 3.63) is 28.7 Å². The van der Waals surface area contributed by atoms with Crippen LogP contribution >= 0.6 is 39.9 Å². The summed E-state index contributed by atoms with van der Waals surface area (Å²) in [5.41, 5.74) is 0.934. The van der Waals surface area contributed by atoms with Gasteiger partial charge in [-0.05, 0) is 30.7 Å². The van der Waals surface area contributed by atoms with Crippen LogP contribution in [0.15, 0.2) is 28.7 Å². The Morgan fingerprint density at radius 3 is 2.65 bits per heavy atom. The molecule has 0 aromatic heterocycles. The number of carbonyl (C=O) groups is 1. The van der Waals surface area contributed by atoms with Crippen molar-refractivity contribution in [1.29, 1.82) is 0 Å². The van der Waals surface area contributed by atoms with Crippen LogP contribution < -0.4 is 5.32 Å². The number of nitrogens with one attached hydrogen (secondary N) is 1. The van der Waals surface area contributed by atoms with Crippen LogP contribution in [-0.2, 0) is 4.79 Å². The number of rotatable bonds is 5. The molecule has 1 aromatic carbocycles. The number of anilines is 1. The van der Waals surface area contributed by atoms with Gasteiger partial charge in [-0.15, -0.1) is 0 Å². The molecule has 0 bridgehead atoms. The van der Waals surface area contributed by atoms with Gasteiger partial charge in [0, 0.05) is 22.3 Å². The molecule has 0 saturated heterocycles. The summed E-state index contributed by atoms with van der Waals surface area (Å²) in [5.74, 6) is -0.0494. The fraction of sp³-hybridized carbons (Fsp3) is 0.273. The van der Waals surface area contributed by atoms with Crippen LogP contribution in [0.5, 0.6) is 0 Å². The summed E-state index contributed by atoms with van der Waals surface area (Å²) in [6, 6.07) is 7.71. The highest BCUT2D eigenvalue weighted by molar-refractivity contribution is 9.10. The Kier molecular flexibility index (Phi) is 6.54. The smallest absolute Gasteiger partial charge is 0.303 e. The van der Waals surface area contributed by atoms with Gasteiger partial charge >= 0.3 is 5.97 Å². The van der Waals surface area contributed by atoms with Crippen molar-refractivity contribution >= 4 is 55.9 Å². The van der Waals surface area contributed by atoms with E-state index in [2.05, 4.69) is 21.2 Å². The third-order valence-corrected chi connectivity index (χ3v) is 3.70. The predicted octanol–water partition coefficient (Wildman–Crippen LogP) is 3.74. The van der Waals surface area contributed by atoms with E-state index in [9.17, 15) is 4.79 Å². The van der Waals surface area contributed by atoms with E-state index in [0.717, 1.165) is 10.2 Å². The van der Waals surface area contributed by atoms with Crippen molar-refractivity contribution in [3.63, 3.8) is 0 Å². The maximum absolute atomic E-state index is 10.3. The standard InChI is InChI=1S/C11H12BrNO2S2/c12-8-3-5-9(6-4-8)13-11(16)17-7-1-2-10(14)15/h3-6H,1-2,7H2,(H,13,16)(H,14,15). The van der Waals surface area contributed by atoms with Gasteiger partial charge in [-0.1, -0.05) is 39.9 Å². The molecule has 0 aliphatic heterocycles. The average Bonchev–Trinajstić information content (AvgIpc) is 2.27. The largest absolute Gasteiger partial charge is 0.481 e. The molecule has 0 amide bonds. The van der Waals surface area contributed by atoms with Crippen molar-refractivity contribution in [3.8, 4) is 0 Å². The van der Waals surface area contributed by atoms with E-state index in [-0.39, 0.29) is 6.42 Å². The van der Waals surface area contributed by atoms with Crippen LogP contribution in [0, 0.1) is 0 Å². The van der Waals surface area contributed by atoms with Crippen molar-refractivity contribution in [1.82, 2.24) is 0 Å². The summed E-state index contributed by atoms with van der Waals surface area (Å²) in [4.78, 5) is 10.3. The highest BCUT2D eigenvalue weighted by atomic mass is 79.9. The number of thiocarbonyl (C=S) groups is 1. The Morgan fingerprint density at radius 1 is 1.41 bits per heavy atom. The molecule has 17 heavy (non-hydrogen) atoms.